The van der Waals surface area contributed by atoms with Gasteiger partial charge in [0, 0.05) is 11.1 Å². The van der Waals surface area contributed by atoms with Crippen molar-refractivity contribution in [2.45, 2.75) is 5.16 Å². The van der Waals surface area contributed by atoms with Crippen molar-refractivity contribution in [2.24, 2.45) is 0 Å². The van der Waals surface area contributed by atoms with Gasteiger partial charge in [-0.25, -0.2) is 4.98 Å². The molecule has 2 aromatic carbocycles. The molecular formula is C23H19N3O3S2. The Labute approximate surface area is 188 Å². The number of aromatic nitrogens is 3. The third-order valence-corrected chi connectivity index (χ3v) is 6.23. The van der Waals surface area contributed by atoms with E-state index in [1.807, 2.05) is 66.0 Å². The molecule has 6 nitrogen and oxygen atoms in total. The number of methoxy groups -OCH3 is 2. The predicted octanol–water partition coefficient (Wildman–Crippen LogP) is 5.26. The van der Waals surface area contributed by atoms with Crippen LogP contribution in [0.1, 0.15) is 9.67 Å². The summed E-state index contributed by atoms with van der Waals surface area (Å²) in [4.78, 5) is 17.8. The number of benzene rings is 2. The van der Waals surface area contributed by atoms with E-state index in [1.54, 1.807) is 14.2 Å². The van der Waals surface area contributed by atoms with E-state index in [1.165, 1.54) is 23.1 Å². The molecule has 2 aromatic heterocycles. The van der Waals surface area contributed by atoms with Crippen LogP contribution in [0.2, 0.25) is 0 Å². The molecule has 0 fully saturated rings. The monoisotopic (exact) mass is 449 g/mol. The minimum atomic E-state index is 0.0448. The van der Waals surface area contributed by atoms with Crippen molar-refractivity contribution < 1.29 is 14.3 Å². The highest BCUT2D eigenvalue weighted by atomic mass is 32.2. The van der Waals surface area contributed by atoms with Gasteiger partial charge in [0.2, 0.25) is 5.16 Å². The van der Waals surface area contributed by atoms with Gasteiger partial charge in [-0.2, -0.15) is 0 Å². The van der Waals surface area contributed by atoms with Crippen molar-refractivity contribution in [1.29, 1.82) is 0 Å². The molecule has 156 valence electrons. The Bertz CT molecular complexity index is 1200. The Kier molecular flexibility index (Phi) is 6.59. The standard InChI is InChI=1S/C23H19N3O3S2/c1-28-17-8-3-6-15(12-17)21-22(16-7-4-9-18(13-16)29-2)25-26-23(24-21)31-14-19(27)20-10-5-11-30-20/h3-13H,14H2,1-2H3. The van der Waals surface area contributed by atoms with Crippen molar-refractivity contribution in [3.8, 4) is 34.0 Å². The lowest BCUT2D eigenvalue weighted by molar-refractivity contribution is 0.102. The summed E-state index contributed by atoms with van der Waals surface area (Å²) in [6, 6.07) is 18.9. The number of ketones is 1. The van der Waals surface area contributed by atoms with Crippen LogP contribution in [-0.4, -0.2) is 40.9 Å². The summed E-state index contributed by atoms with van der Waals surface area (Å²) < 4.78 is 10.7. The molecule has 0 amide bonds. The molecule has 4 rings (SSSR count). The molecule has 0 aliphatic carbocycles. The normalized spacial score (nSPS) is 10.6. The maximum absolute atomic E-state index is 12.4. The largest absolute Gasteiger partial charge is 0.497 e. The van der Waals surface area contributed by atoms with Gasteiger partial charge in [0.25, 0.3) is 0 Å². The van der Waals surface area contributed by atoms with Gasteiger partial charge in [-0.05, 0) is 35.7 Å². The van der Waals surface area contributed by atoms with Crippen LogP contribution in [0.25, 0.3) is 22.5 Å². The molecule has 2 heterocycles. The molecular weight excluding hydrogens is 430 g/mol. The minimum absolute atomic E-state index is 0.0448. The summed E-state index contributed by atoms with van der Waals surface area (Å²) in [6.07, 6.45) is 0. The highest BCUT2D eigenvalue weighted by molar-refractivity contribution is 7.99. The number of thioether (sulfide) groups is 1. The number of ether oxygens (including phenoxy) is 2. The number of hydrogen-bond donors (Lipinski definition) is 0. The van der Waals surface area contributed by atoms with E-state index in [9.17, 15) is 4.79 Å². The second-order valence-electron chi connectivity index (χ2n) is 6.44. The predicted molar refractivity (Wildman–Crippen MR) is 123 cm³/mol. The lowest BCUT2D eigenvalue weighted by atomic mass is 10.0. The third-order valence-electron chi connectivity index (χ3n) is 4.48. The Balaban J connectivity index is 1.71. The third kappa shape index (κ3) is 4.92. The molecule has 0 aliphatic heterocycles. The molecule has 0 radical (unpaired) electrons. The number of carbonyl (C=O) groups is 1. The van der Waals surface area contributed by atoms with Gasteiger partial charge in [-0.15, -0.1) is 21.5 Å². The summed E-state index contributed by atoms with van der Waals surface area (Å²) >= 11 is 2.70. The van der Waals surface area contributed by atoms with Gasteiger partial charge < -0.3 is 9.47 Å². The molecule has 4 aromatic rings. The highest BCUT2D eigenvalue weighted by Crippen LogP contribution is 2.33. The first-order valence-corrected chi connectivity index (χ1v) is 11.3. The smallest absolute Gasteiger partial charge is 0.210 e. The van der Waals surface area contributed by atoms with Crippen LogP contribution in [0.3, 0.4) is 0 Å². The van der Waals surface area contributed by atoms with Crippen LogP contribution in [0, 0.1) is 0 Å². The van der Waals surface area contributed by atoms with Gasteiger partial charge in [0.1, 0.15) is 22.9 Å². The van der Waals surface area contributed by atoms with Crippen molar-refractivity contribution in [1.82, 2.24) is 15.2 Å². The van der Waals surface area contributed by atoms with Crippen LogP contribution in [0.15, 0.2) is 71.2 Å². The summed E-state index contributed by atoms with van der Waals surface area (Å²) in [7, 11) is 3.24. The molecule has 0 bridgehead atoms. The number of carbonyl (C=O) groups excluding carboxylic acids is 1. The van der Waals surface area contributed by atoms with Gasteiger partial charge in [0.05, 0.1) is 24.8 Å². The van der Waals surface area contributed by atoms with Crippen molar-refractivity contribution in [3.05, 3.63) is 70.9 Å². The number of nitrogens with zero attached hydrogens (tertiary/aromatic N) is 3. The molecule has 0 unspecified atom stereocenters. The Hall–Kier alpha value is -3.23. The summed E-state index contributed by atoms with van der Waals surface area (Å²) in [5.41, 5.74) is 2.97. The van der Waals surface area contributed by atoms with E-state index >= 15 is 0 Å². The molecule has 0 aliphatic rings. The maximum atomic E-state index is 12.4. The second kappa shape index (κ2) is 9.72. The van der Waals surface area contributed by atoms with Crippen LogP contribution in [0.4, 0.5) is 0 Å². The van der Waals surface area contributed by atoms with Crippen LogP contribution < -0.4 is 9.47 Å². The number of thiophene rings is 1. The number of rotatable bonds is 8. The van der Waals surface area contributed by atoms with E-state index < -0.39 is 0 Å². The zero-order chi connectivity index (χ0) is 21.6. The first-order valence-electron chi connectivity index (χ1n) is 9.41. The van der Waals surface area contributed by atoms with Gasteiger partial charge in [-0.3, -0.25) is 4.79 Å². The average molecular weight is 450 g/mol. The first kappa shape index (κ1) is 21.0. The first-order chi connectivity index (χ1) is 15.2. The van der Waals surface area contributed by atoms with E-state index in [0.717, 1.165) is 27.5 Å². The Morgan fingerprint density at radius 1 is 0.903 bits per heavy atom. The lowest BCUT2D eigenvalue weighted by Gasteiger charge is -2.11. The minimum Gasteiger partial charge on any atom is -0.497 e. The second-order valence-corrected chi connectivity index (χ2v) is 8.33. The average Bonchev–Trinajstić information content (AvgIpc) is 3.37. The van der Waals surface area contributed by atoms with Crippen molar-refractivity contribution in [2.75, 3.05) is 20.0 Å². The van der Waals surface area contributed by atoms with Crippen molar-refractivity contribution >= 4 is 28.9 Å². The summed E-state index contributed by atoms with van der Waals surface area (Å²) in [5.74, 6) is 1.73. The van der Waals surface area contributed by atoms with E-state index in [4.69, 9.17) is 14.5 Å². The SMILES string of the molecule is COc1cccc(-c2nnc(SCC(=O)c3cccs3)nc2-c2cccc(OC)c2)c1. The van der Waals surface area contributed by atoms with E-state index in [-0.39, 0.29) is 11.5 Å². The van der Waals surface area contributed by atoms with Gasteiger partial charge in [-0.1, -0.05) is 42.1 Å². The number of Topliss-reactive ketones (excluding diaryl/α,β-unsaturated/α-hetero) is 1. The van der Waals surface area contributed by atoms with Crippen LogP contribution in [0.5, 0.6) is 11.5 Å². The molecule has 0 spiro atoms. The zero-order valence-electron chi connectivity index (χ0n) is 16.9. The maximum Gasteiger partial charge on any atom is 0.210 e. The number of hydrogen-bond acceptors (Lipinski definition) is 8. The van der Waals surface area contributed by atoms with Crippen LogP contribution >= 0.6 is 23.1 Å². The molecule has 0 N–H and O–H groups in total. The van der Waals surface area contributed by atoms with Crippen molar-refractivity contribution in [3.63, 3.8) is 0 Å². The van der Waals surface area contributed by atoms with E-state index in [2.05, 4.69) is 10.2 Å². The summed E-state index contributed by atoms with van der Waals surface area (Å²) in [5, 5.41) is 11.1. The molecule has 0 saturated carbocycles. The van der Waals surface area contributed by atoms with Crippen LogP contribution in [-0.2, 0) is 0 Å². The molecule has 0 saturated heterocycles. The Morgan fingerprint density at radius 3 is 2.19 bits per heavy atom. The fraction of sp³-hybridized carbons (Fsp3) is 0.130. The molecule has 31 heavy (non-hydrogen) atoms. The van der Waals surface area contributed by atoms with E-state index in [0.29, 0.717) is 16.5 Å². The van der Waals surface area contributed by atoms with Gasteiger partial charge >= 0.3 is 0 Å². The topological polar surface area (TPSA) is 74.2 Å². The molecule has 0 atom stereocenters. The highest BCUT2D eigenvalue weighted by Gasteiger charge is 2.16. The fourth-order valence-corrected chi connectivity index (χ4v) is 4.37. The Morgan fingerprint density at radius 2 is 1.58 bits per heavy atom. The fourth-order valence-electron chi connectivity index (χ4n) is 2.95. The summed E-state index contributed by atoms with van der Waals surface area (Å²) in [6.45, 7) is 0. The quantitative estimate of drug-likeness (QED) is 0.268. The molecule has 8 heteroatoms. The lowest BCUT2D eigenvalue weighted by Crippen LogP contribution is -2.03. The van der Waals surface area contributed by atoms with Gasteiger partial charge in [0.15, 0.2) is 5.78 Å². The zero-order valence-corrected chi connectivity index (χ0v) is 18.6.